The number of cyclic esters (lactones) is 1. The van der Waals surface area contributed by atoms with Gasteiger partial charge in [-0.2, -0.15) is 0 Å². The SMILES string of the molecule is CC(C)N[C@@]1(C)CN(C)C(=O)OCC=CCCCC[C@@](C)(C(=O)C(C)C)NCC1=O. The second kappa shape index (κ2) is 11.6. The molecule has 0 unspecified atom stereocenters. The maximum atomic E-state index is 13.3. The van der Waals surface area contributed by atoms with E-state index in [0.717, 1.165) is 19.3 Å². The third-order valence-corrected chi connectivity index (χ3v) is 5.56. The molecule has 1 rings (SSSR count). The highest BCUT2D eigenvalue weighted by atomic mass is 16.6. The smallest absolute Gasteiger partial charge is 0.409 e. The van der Waals surface area contributed by atoms with Crippen molar-refractivity contribution in [2.45, 2.75) is 84.3 Å². The van der Waals surface area contributed by atoms with Crippen molar-refractivity contribution in [1.29, 1.82) is 0 Å². The number of rotatable bonds is 4. The molecule has 1 heterocycles. The maximum Gasteiger partial charge on any atom is 0.409 e. The molecule has 0 radical (unpaired) electrons. The summed E-state index contributed by atoms with van der Waals surface area (Å²) < 4.78 is 5.28. The molecule has 0 saturated carbocycles. The molecule has 1 aliphatic heterocycles. The highest BCUT2D eigenvalue weighted by Crippen LogP contribution is 2.21. The van der Waals surface area contributed by atoms with Gasteiger partial charge in [0.25, 0.3) is 0 Å². The Morgan fingerprint density at radius 3 is 2.43 bits per heavy atom. The normalized spacial score (nSPS) is 28.1. The summed E-state index contributed by atoms with van der Waals surface area (Å²) in [6, 6.07) is 0.0422. The van der Waals surface area contributed by atoms with Gasteiger partial charge in [-0.05, 0) is 47.0 Å². The monoisotopic (exact) mass is 423 g/mol. The number of carbonyl (C=O) groups excluding carboxylic acids is 3. The van der Waals surface area contributed by atoms with Crippen molar-refractivity contribution >= 4 is 17.7 Å². The third kappa shape index (κ3) is 7.84. The van der Waals surface area contributed by atoms with E-state index in [-0.39, 0.29) is 43.2 Å². The first-order valence-corrected chi connectivity index (χ1v) is 11.0. The van der Waals surface area contributed by atoms with Crippen LogP contribution in [0, 0.1) is 5.92 Å². The molecule has 0 saturated heterocycles. The predicted molar refractivity (Wildman–Crippen MR) is 120 cm³/mol. The zero-order valence-electron chi connectivity index (χ0n) is 19.8. The van der Waals surface area contributed by atoms with Gasteiger partial charge in [-0.1, -0.05) is 32.4 Å². The minimum atomic E-state index is -0.969. The second-order valence-electron chi connectivity index (χ2n) is 9.41. The third-order valence-electron chi connectivity index (χ3n) is 5.56. The Kier molecular flexibility index (Phi) is 10.2. The number of allylic oxidation sites excluding steroid dienone is 1. The van der Waals surface area contributed by atoms with Crippen molar-refractivity contribution in [3.05, 3.63) is 12.2 Å². The number of amides is 1. The van der Waals surface area contributed by atoms with Gasteiger partial charge in [0, 0.05) is 25.6 Å². The number of nitrogens with one attached hydrogen (secondary N) is 2. The Morgan fingerprint density at radius 1 is 1.17 bits per heavy atom. The van der Waals surface area contributed by atoms with Crippen molar-refractivity contribution in [2.24, 2.45) is 5.92 Å². The fourth-order valence-corrected chi connectivity index (χ4v) is 3.95. The summed E-state index contributed by atoms with van der Waals surface area (Å²) in [5.74, 6) is -0.0963. The molecule has 0 aromatic rings. The Morgan fingerprint density at radius 2 is 1.83 bits per heavy atom. The van der Waals surface area contributed by atoms with Crippen LogP contribution >= 0.6 is 0 Å². The van der Waals surface area contributed by atoms with Crippen LogP contribution in [0.2, 0.25) is 0 Å². The number of likely N-dealkylation sites (N-methyl/N-ethyl adjacent to an activating group) is 1. The highest BCUT2D eigenvalue weighted by molar-refractivity contribution is 5.93. The lowest BCUT2D eigenvalue weighted by molar-refractivity contribution is -0.129. The maximum absolute atomic E-state index is 13.3. The number of ketones is 2. The molecular weight excluding hydrogens is 382 g/mol. The van der Waals surface area contributed by atoms with Crippen LogP contribution in [0.5, 0.6) is 0 Å². The number of hydrogen-bond acceptors (Lipinski definition) is 6. The van der Waals surface area contributed by atoms with Crippen molar-refractivity contribution in [3.8, 4) is 0 Å². The Balaban J connectivity index is 3.15. The van der Waals surface area contributed by atoms with Crippen LogP contribution in [-0.2, 0) is 14.3 Å². The van der Waals surface area contributed by atoms with Gasteiger partial charge in [0.15, 0.2) is 11.6 Å². The fraction of sp³-hybridized carbons (Fsp3) is 0.783. The summed E-state index contributed by atoms with van der Waals surface area (Å²) in [7, 11) is 1.63. The number of ether oxygens (including phenoxy) is 1. The molecule has 0 bridgehead atoms. The van der Waals surface area contributed by atoms with Gasteiger partial charge < -0.3 is 15.0 Å². The number of carbonyl (C=O) groups is 3. The molecule has 7 heteroatoms. The summed E-state index contributed by atoms with van der Waals surface area (Å²) in [6.07, 6.45) is 6.69. The van der Waals surface area contributed by atoms with Crippen LogP contribution in [-0.4, -0.2) is 66.4 Å². The van der Waals surface area contributed by atoms with Gasteiger partial charge >= 0.3 is 6.09 Å². The molecule has 1 aliphatic rings. The first-order valence-electron chi connectivity index (χ1n) is 11.0. The number of nitrogens with zero attached hydrogens (tertiary/aromatic N) is 1. The van der Waals surface area contributed by atoms with E-state index in [2.05, 4.69) is 10.6 Å². The van der Waals surface area contributed by atoms with Crippen molar-refractivity contribution in [1.82, 2.24) is 15.5 Å². The molecule has 172 valence electrons. The summed E-state index contributed by atoms with van der Waals surface area (Å²) in [5, 5.41) is 6.57. The number of hydrogen-bond donors (Lipinski definition) is 2. The van der Waals surface area contributed by atoms with E-state index in [1.54, 1.807) is 14.0 Å². The summed E-state index contributed by atoms with van der Waals surface area (Å²) >= 11 is 0. The lowest BCUT2D eigenvalue weighted by atomic mass is 9.83. The molecule has 7 nitrogen and oxygen atoms in total. The molecule has 2 N–H and O–H groups in total. The average Bonchev–Trinajstić information content (AvgIpc) is 2.65. The predicted octanol–water partition coefficient (Wildman–Crippen LogP) is 3.08. The van der Waals surface area contributed by atoms with Gasteiger partial charge in [0.2, 0.25) is 0 Å². The highest BCUT2D eigenvalue weighted by Gasteiger charge is 2.39. The molecule has 0 aliphatic carbocycles. The van der Waals surface area contributed by atoms with Gasteiger partial charge in [-0.3, -0.25) is 14.9 Å². The van der Waals surface area contributed by atoms with Gasteiger partial charge in [0.05, 0.1) is 17.6 Å². The van der Waals surface area contributed by atoms with E-state index in [9.17, 15) is 14.4 Å². The zero-order chi connectivity index (χ0) is 22.9. The zero-order valence-corrected chi connectivity index (χ0v) is 19.8. The lowest BCUT2D eigenvalue weighted by Crippen LogP contribution is -2.63. The van der Waals surface area contributed by atoms with Crippen molar-refractivity contribution < 1.29 is 19.1 Å². The molecular formula is C23H41N3O4. The number of Topliss-reactive ketones (excluding diaryl/α,β-unsaturated/α-hetero) is 2. The molecule has 2 atom stereocenters. The molecule has 30 heavy (non-hydrogen) atoms. The van der Waals surface area contributed by atoms with Crippen LogP contribution in [0.4, 0.5) is 4.79 Å². The molecule has 0 spiro atoms. The van der Waals surface area contributed by atoms with Crippen LogP contribution in [0.15, 0.2) is 12.2 Å². The van der Waals surface area contributed by atoms with Crippen LogP contribution < -0.4 is 10.6 Å². The topological polar surface area (TPSA) is 87.7 Å². The summed E-state index contributed by atoms with van der Waals surface area (Å²) in [6.45, 7) is 11.8. The molecule has 0 fully saturated rings. The largest absolute Gasteiger partial charge is 0.445 e. The van der Waals surface area contributed by atoms with Crippen molar-refractivity contribution in [2.75, 3.05) is 26.7 Å². The van der Waals surface area contributed by atoms with E-state index in [1.807, 2.05) is 46.8 Å². The first kappa shape index (κ1) is 26.3. The van der Waals surface area contributed by atoms with E-state index < -0.39 is 17.2 Å². The average molecular weight is 424 g/mol. The van der Waals surface area contributed by atoms with Crippen molar-refractivity contribution in [3.63, 3.8) is 0 Å². The van der Waals surface area contributed by atoms with Gasteiger partial charge in [-0.15, -0.1) is 0 Å². The van der Waals surface area contributed by atoms with Gasteiger partial charge in [0.1, 0.15) is 6.61 Å². The molecule has 1 amide bonds. The van der Waals surface area contributed by atoms with Crippen LogP contribution in [0.1, 0.15) is 67.2 Å². The quantitative estimate of drug-likeness (QED) is 0.676. The lowest BCUT2D eigenvalue weighted by Gasteiger charge is -2.37. The van der Waals surface area contributed by atoms with Gasteiger partial charge in [-0.25, -0.2) is 4.79 Å². The molecule has 0 aromatic heterocycles. The Hall–Kier alpha value is -1.73. The van der Waals surface area contributed by atoms with E-state index in [4.69, 9.17) is 4.74 Å². The second-order valence-corrected chi connectivity index (χ2v) is 9.41. The van der Waals surface area contributed by atoms with Crippen LogP contribution in [0.25, 0.3) is 0 Å². The Labute approximate surface area is 182 Å². The van der Waals surface area contributed by atoms with Crippen LogP contribution in [0.3, 0.4) is 0 Å². The van der Waals surface area contributed by atoms with E-state index in [1.165, 1.54) is 4.90 Å². The summed E-state index contributed by atoms with van der Waals surface area (Å²) in [5.41, 5.74) is -1.72. The standard InChI is InChI=1S/C23H41N3O4/c1-17(2)20(28)22(5)13-11-9-8-10-12-14-30-21(29)26(7)16-23(6,25-18(3)4)19(27)15-24-22/h10,12,17-18,24-25H,8-9,11,13-16H2,1-7H3/t22-,23-/m0/s1. The van der Waals surface area contributed by atoms with E-state index >= 15 is 0 Å². The first-order chi connectivity index (χ1) is 13.9. The Bertz CT molecular complexity index is 632. The minimum absolute atomic E-state index is 0.0422. The minimum Gasteiger partial charge on any atom is -0.445 e. The molecule has 0 aromatic carbocycles. The fourth-order valence-electron chi connectivity index (χ4n) is 3.95. The van der Waals surface area contributed by atoms with E-state index in [0.29, 0.717) is 6.42 Å². The summed E-state index contributed by atoms with van der Waals surface area (Å²) in [4.78, 5) is 39.9.